The van der Waals surface area contributed by atoms with E-state index in [-0.39, 0.29) is 22.5 Å². The molecule has 3 rings (SSSR count). The van der Waals surface area contributed by atoms with E-state index in [1.165, 1.54) is 12.1 Å². The number of anilines is 2. The third kappa shape index (κ3) is 2.07. The van der Waals surface area contributed by atoms with E-state index in [2.05, 4.69) is 16.9 Å². The first kappa shape index (κ1) is 15.3. The number of aromatic nitrogens is 1. The van der Waals surface area contributed by atoms with E-state index < -0.39 is 29.4 Å². The number of allylic oxidation sites excluding steroid dienone is 1. The van der Waals surface area contributed by atoms with Crippen LogP contribution in [0.25, 0.3) is 0 Å². The monoisotopic (exact) mass is 324 g/mol. The summed E-state index contributed by atoms with van der Waals surface area (Å²) in [5.41, 5.74) is -3.84. The molecule has 0 spiro atoms. The summed E-state index contributed by atoms with van der Waals surface area (Å²) in [7, 11) is 0. The van der Waals surface area contributed by atoms with E-state index in [9.17, 15) is 22.4 Å². The van der Waals surface area contributed by atoms with Crippen LogP contribution in [0.5, 0.6) is 0 Å². The molecule has 0 amide bonds. The van der Waals surface area contributed by atoms with E-state index >= 15 is 0 Å². The number of hydrogen-bond donors (Lipinski definition) is 2. The molecule has 0 bridgehead atoms. The molecule has 0 radical (unpaired) electrons. The lowest BCUT2D eigenvalue weighted by Crippen LogP contribution is -2.46. The predicted octanol–water partition coefficient (Wildman–Crippen LogP) is 4.00. The Balaban J connectivity index is 2.46. The molecule has 1 unspecified atom stereocenters. The Hall–Kier alpha value is -2.57. The van der Waals surface area contributed by atoms with Gasteiger partial charge in [0, 0.05) is 17.4 Å². The van der Waals surface area contributed by atoms with Crippen LogP contribution in [0.2, 0.25) is 0 Å². The lowest BCUT2D eigenvalue weighted by Gasteiger charge is -2.41. The largest absolute Gasteiger partial charge is 0.402 e. The summed E-state index contributed by atoms with van der Waals surface area (Å²) >= 11 is 0. The molecule has 1 atom stereocenters. The predicted molar refractivity (Wildman–Crippen MR) is 78.4 cm³/mol. The zero-order chi connectivity index (χ0) is 16.8. The van der Waals surface area contributed by atoms with Gasteiger partial charge < -0.3 is 10.3 Å². The van der Waals surface area contributed by atoms with E-state index in [0.29, 0.717) is 0 Å². The fraction of sp³-hybridized carbons (Fsp3) is 0.188. The molecular formula is C16H12F4N2O. The summed E-state index contributed by atoms with van der Waals surface area (Å²) < 4.78 is 55.9. The minimum absolute atomic E-state index is 0.0507. The van der Waals surface area contributed by atoms with Crippen molar-refractivity contribution < 1.29 is 17.6 Å². The van der Waals surface area contributed by atoms with Gasteiger partial charge in [-0.3, -0.25) is 4.79 Å². The maximum atomic E-state index is 14.1. The van der Waals surface area contributed by atoms with Gasteiger partial charge in [-0.1, -0.05) is 6.08 Å². The Morgan fingerprint density at radius 1 is 1.22 bits per heavy atom. The summed E-state index contributed by atoms with van der Waals surface area (Å²) in [5.74, 6) is -0.781. The second-order valence-electron chi connectivity index (χ2n) is 5.31. The van der Waals surface area contributed by atoms with Crippen LogP contribution >= 0.6 is 0 Å². The molecule has 2 aromatic rings. The molecule has 3 nitrogen and oxygen atoms in total. The third-order valence-electron chi connectivity index (χ3n) is 4.06. The molecule has 1 aliphatic rings. The number of fused-ring (bicyclic) bond motifs is 2. The molecule has 2 N–H and O–H groups in total. The molecule has 23 heavy (non-hydrogen) atoms. The fourth-order valence-corrected chi connectivity index (χ4v) is 3.07. The average molecular weight is 324 g/mol. The third-order valence-corrected chi connectivity index (χ3v) is 4.06. The maximum absolute atomic E-state index is 14.1. The summed E-state index contributed by atoms with van der Waals surface area (Å²) in [5, 5.41) is 2.68. The molecule has 1 aromatic heterocycles. The lowest BCUT2D eigenvalue weighted by atomic mass is 9.68. The number of benzene rings is 1. The molecule has 1 aliphatic heterocycles. The number of alkyl halides is 3. The number of hydrogen-bond acceptors (Lipinski definition) is 2. The van der Waals surface area contributed by atoms with Crippen molar-refractivity contribution in [2.45, 2.75) is 18.0 Å². The van der Waals surface area contributed by atoms with Crippen LogP contribution < -0.4 is 10.9 Å². The highest BCUT2D eigenvalue weighted by Gasteiger charge is 2.59. The molecule has 0 fully saturated rings. The van der Waals surface area contributed by atoms with Gasteiger partial charge in [-0.05, 0) is 36.2 Å². The molecular weight excluding hydrogens is 312 g/mol. The molecule has 0 saturated heterocycles. The first-order valence-electron chi connectivity index (χ1n) is 6.78. The van der Waals surface area contributed by atoms with Crippen LogP contribution in [0.3, 0.4) is 0 Å². The van der Waals surface area contributed by atoms with Gasteiger partial charge in [0.25, 0.3) is 5.56 Å². The number of rotatable bonds is 2. The van der Waals surface area contributed by atoms with Crippen molar-refractivity contribution in [3.63, 3.8) is 0 Å². The van der Waals surface area contributed by atoms with Crippen molar-refractivity contribution in [1.29, 1.82) is 0 Å². The number of nitrogens with one attached hydrogen (secondary N) is 2. The van der Waals surface area contributed by atoms with Gasteiger partial charge in [-0.25, -0.2) is 4.39 Å². The van der Waals surface area contributed by atoms with Crippen LogP contribution in [-0.2, 0) is 5.41 Å². The minimum Gasteiger partial charge on any atom is -0.351 e. The number of halogens is 4. The van der Waals surface area contributed by atoms with E-state index in [1.54, 1.807) is 0 Å². The van der Waals surface area contributed by atoms with E-state index in [0.717, 1.165) is 24.4 Å². The first-order chi connectivity index (χ1) is 10.8. The summed E-state index contributed by atoms with van der Waals surface area (Å²) in [6.07, 6.45) is -2.98. The normalized spacial score (nSPS) is 19.5. The zero-order valence-corrected chi connectivity index (χ0v) is 11.8. The van der Waals surface area contributed by atoms with Crippen LogP contribution in [0, 0.1) is 5.82 Å². The zero-order valence-electron chi connectivity index (χ0n) is 11.8. The average Bonchev–Trinajstić information content (AvgIpc) is 2.47. The van der Waals surface area contributed by atoms with Crippen LogP contribution in [-0.4, -0.2) is 11.2 Å². The van der Waals surface area contributed by atoms with Gasteiger partial charge in [0.05, 0.1) is 0 Å². The second-order valence-corrected chi connectivity index (χ2v) is 5.31. The maximum Gasteiger partial charge on any atom is 0.402 e. The topological polar surface area (TPSA) is 44.9 Å². The van der Waals surface area contributed by atoms with Crippen LogP contribution in [0.15, 0.2) is 47.9 Å². The van der Waals surface area contributed by atoms with Crippen LogP contribution in [0.4, 0.5) is 28.9 Å². The molecule has 7 heteroatoms. The number of pyridine rings is 1. The van der Waals surface area contributed by atoms with Crippen molar-refractivity contribution in [2.75, 3.05) is 5.32 Å². The highest BCUT2D eigenvalue weighted by Crippen LogP contribution is 2.55. The fourth-order valence-electron chi connectivity index (χ4n) is 3.07. The number of aromatic amines is 1. The number of H-pyrrole nitrogens is 1. The van der Waals surface area contributed by atoms with Crippen molar-refractivity contribution >= 4 is 11.4 Å². The Bertz CT molecular complexity index is 841. The van der Waals surface area contributed by atoms with E-state index in [4.69, 9.17) is 0 Å². The Morgan fingerprint density at radius 2 is 1.96 bits per heavy atom. The van der Waals surface area contributed by atoms with Crippen molar-refractivity contribution in [1.82, 2.24) is 4.98 Å². The molecule has 2 heterocycles. The quantitative estimate of drug-likeness (QED) is 0.648. The van der Waals surface area contributed by atoms with Crippen molar-refractivity contribution in [2.24, 2.45) is 0 Å². The van der Waals surface area contributed by atoms with Gasteiger partial charge in [0.2, 0.25) is 0 Å². The SMILES string of the molecule is C=CCC1(C(F)(F)F)c2cc(F)ccc2Nc2c1cc[nH]c2=O. The molecule has 1 aromatic carbocycles. The molecule has 0 aliphatic carbocycles. The molecule has 0 saturated carbocycles. The van der Waals surface area contributed by atoms with Gasteiger partial charge in [-0.2, -0.15) is 13.2 Å². The minimum atomic E-state index is -4.74. The summed E-state index contributed by atoms with van der Waals surface area (Å²) in [4.78, 5) is 14.3. The van der Waals surface area contributed by atoms with Crippen LogP contribution in [0.1, 0.15) is 17.5 Å². The van der Waals surface area contributed by atoms with Gasteiger partial charge in [0.15, 0.2) is 0 Å². The van der Waals surface area contributed by atoms with Gasteiger partial charge in [0.1, 0.15) is 16.9 Å². The highest BCUT2D eigenvalue weighted by molar-refractivity contribution is 5.76. The Morgan fingerprint density at radius 3 is 2.61 bits per heavy atom. The Labute approximate surface area is 128 Å². The molecule has 120 valence electrons. The van der Waals surface area contributed by atoms with Crippen molar-refractivity contribution in [3.8, 4) is 0 Å². The highest BCUT2D eigenvalue weighted by atomic mass is 19.4. The van der Waals surface area contributed by atoms with Gasteiger partial charge in [-0.15, -0.1) is 6.58 Å². The second kappa shape index (κ2) is 4.97. The smallest absolute Gasteiger partial charge is 0.351 e. The Kier molecular flexibility index (Phi) is 3.31. The first-order valence-corrected chi connectivity index (χ1v) is 6.78. The van der Waals surface area contributed by atoms with E-state index in [1.807, 2.05) is 0 Å². The van der Waals surface area contributed by atoms with Crippen molar-refractivity contribution in [3.05, 3.63) is 70.4 Å². The standard InChI is InChI=1S/C16H12F4N2O/c1-2-6-15(16(18,19)20)10-5-7-21-14(23)13(10)22-12-4-3-9(17)8-11(12)15/h2-5,7-8,22H,1,6H2,(H,21,23). The van der Waals surface area contributed by atoms with Gasteiger partial charge >= 0.3 is 6.18 Å². The summed E-state index contributed by atoms with van der Waals surface area (Å²) in [6, 6.07) is 4.28. The summed E-state index contributed by atoms with van der Waals surface area (Å²) in [6.45, 7) is 3.40. The lowest BCUT2D eigenvalue weighted by molar-refractivity contribution is -0.177.